The van der Waals surface area contributed by atoms with Gasteiger partial charge < -0.3 is 20.5 Å². The van der Waals surface area contributed by atoms with Gasteiger partial charge in [-0.15, -0.1) is 0 Å². The summed E-state index contributed by atoms with van der Waals surface area (Å²) in [6.07, 6.45) is 1.48. The van der Waals surface area contributed by atoms with Crippen LogP contribution in [0.4, 0.5) is 0 Å². The number of ether oxygens (including phenoxy) is 2. The third-order valence-electron chi connectivity index (χ3n) is 7.63. The first-order valence-corrected chi connectivity index (χ1v) is 12.7. The van der Waals surface area contributed by atoms with Gasteiger partial charge in [-0.1, -0.05) is 32.0 Å². The van der Waals surface area contributed by atoms with E-state index in [0.29, 0.717) is 30.8 Å². The van der Waals surface area contributed by atoms with Gasteiger partial charge in [0.05, 0.1) is 36.8 Å². The summed E-state index contributed by atoms with van der Waals surface area (Å²) in [6.45, 7) is 8.53. The van der Waals surface area contributed by atoms with Gasteiger partial charge in [-0.05, 0) is 44.5 Å². The SMILES string of the molecule is CCC1(C)CC(=O)N(C2CC(C)Oc3ccc(C(=O)NC4c5ccccc5OCC4C)cc32)C(N)=N1. The van der Waals surface area contributed by atoms with Crippen LogP contribution >= 0.6 is 0 Å². The van der Waals surface area contributed by atoms with E-state index in [2.05, 4.69) is 17.2 Å². The molecule has 0 radical (unpaired) electrons. The topological polar surface area (TPSA) is 106 Å². The number of fused-ring (bicyclic) bond motifs is 2. The summed E-state index contributed by atoms with van der Waals surface area (Å²) in [5.74, 6) is 1.56. The molecule has 5 rings (SSSR count). The van der Waals surface area contributed by atoms with Crippen molar-refractivity contribution in [3.8, 4) is 11.5 Å². The second kappa shape index (κ2) is 9.15. The summed E-state index contributed by atoms with van der Waals surface area (Å²) in [5, 5.41) is 3.20. The van der Waals surface area contributed by atoms with Crippen LogP contribution in [-0.2, 0) is 4.79 Å². The molecule has 0 bridgehead atoms. The molecule has 0 saturated heterocycles. The molecule has 2 aromatic carbocycles. The Balaban J connectivity index is 1.46. The molecule has 2 amide bonds. The van der Waals surface area contributed by atoms with Crippen molar-refractivity contribution in [1.29, 1.82) is 0 Å². The van der Waals surface area contributed by atoms with Crippen LogP contribution in [0.5, 0.6) is 11.5 Å². The molecule has 3 aliphatic rings. The minimum absolute atomic E-state index is 0.0561. The molecule has 0 spiro atoms. The molecule has 0 aromatic heterocycles. The van der Waals surface area contributed by atoms with E-state index in [1.54, 1.807) is 11.0 Å². The first kappa shape index (κ1) is 24.2. The Hall–Kier alpha value is -3.55. The molecule has 0 fully saturated rings. The Morgan fingerprint density at radius 2 is 1.97 bits per heavy atom. The zero-order valence-electron chi connectivity index (χ0n) is 21.3. The number of rotatable bonds is 4. The lowest BCUT2D eigenvalue weighted by atomic mass is 9.89. The van der Waals surface area contributed by atoms with Crippen LogP contribution in [0.2, 0.25) is 0 Å². The molecule has 5 unspecified atom stereocenters. The summed E-state index contributed by atoms with van der Waals surface area (Å²) in [6, 6.07) is 12.7. The van der Waals surface area contributed by atoms with Crippen LogP contribution in [0.1, 0.15) is 80.5 Å². The summed E-state index contributed by atoms with van der Waals surface area (Å²) in [7, 11) is 0. The van der Waals surface area contributed by atoms with Crippen molar-refractivity contribution >= 4 is 17.8 Å². The molecule has 36 heavy (non-hydrogen) atoms. The first-order valence-electron chi connectivity index (χ1n) is 12.7. The second-order valence-corrected chi connectivity index (χ2v) is 10.5. The number of nitrogens with two attached hydrogens (primary N) is 1. The molecule has 8 nitrogen and oxygen atoms in total. The standard InChI is InChI=1S/C28H34N4O4/c1-5-28(4)14-24(33)32(27(29)31-28)21-12-17(3)36-23-11-10-18(13-20(21)23)26(34)30-25-16(2)15-35-22-9-7-6-8-19(22)25/h6-11,13,16-17,21,25H,5,12,14-15H2,1-4H3,(H2,29,31)(H,30,34). The van der Waals surface area contributed by atoms with Crippen LogP contribution in [-0.4, -0.2) is 40.9 Å². The molecule has 0 aliphatic carbocycles. The first-order chi connectivity index (χ1) is 17.2. The lowest BCUT2D eigenvalue weighted by molar-refractivity contribution is -0.132. The van der Waals surface area contributed by atoms with Crippen LogP contribution in [0.15, 0.2) is 47.5 Å². The molecule has 3 N–H and O–H groups in total. The maximum absolute atomic E-state index is 13.4. The van der Waals surface area contributed by atoms with E-state index in [4.69, 9.17) is 15.2 Å². The van der Waals surface area contributed by atoms with Crippen LogP contribution < -0.4 is 20.5 Å². The predicted octanol–water partition coefficient (Wildman–Crippen LogP) is 4.11. The van der Waals surface area contributed by atoms with Gasteiger partial charge in [-0.2, -0.15) is 0 Å². The average Bonchev–Trinajstić information content (AvgIpc) is 2.85. The number of carbonyl (C=O) groups excluding carboxylic acids is 2. The van der Waals surface area contributed by atoms with Crippen LogP contribution in [0, 0.1) is 5.92 Å². The largest absolute Gasteiger partial charge is 0.493 e. The molecular weight excluding hydrogens is 456 g/mol. The summed E-state index contributed by atoms with van der Waals surface area (Å²) in [4.78, 5) is 33.0. The number of para-hydroxylation sites is 1. The van der Waals surface area contributed by atoms with Gasteiger partial charge in [0.15, 0.2) is 5.96 Å². The summed E-state index contributed by atoms with van der Waals surface area (Å²) < 4.78 is 11.9. The van der Waals surface area contributed by atoms with Crippen molar-refractivity contribution in [3.05, 3.63) is 59.2 Å². The van der Waals surface area contributed by atoms with Gasteiger partial charge in [0.25, 0.3) is 5.91 Å². The Bertz CT molecular complexity index is 1230. The lowest BCUT2D eigenvalue weighted by Gasteiger charge is -2.42. The minimum atomic E-state index is -0.490. The van der Waals surface area contributed by atoms with Crippen LogP contribution in [0.25, 0.3) is 0 Å². The number of carbonyl (C=O) groups is 2. The van der Waals surface area contributed by atoms with Gasteiger partial charge >= 0.3 is 0 Å². The molecule has 3 heterocycles. The number of hydrogen-bond acceptors (Lipinski definition) is 6. The van der Waals surface area contributed by atoms with Gasteiger partial charge in [0, 0.05) is 29.0 Å². The number of nitrogens with zero attached hydrogens (tertiary/aromatic N) is 2. The molecule has 5 atom stereocenters. The van der Waals surface area contributed by atoms with Crippen molar-refractivity contribution in [2.24, 2.45) is 16.6 Å². The maximum atomic E-state index is 13.4. The number of nitrogens with one attached hydrogen (secondary N) is 1. The highest BCUT2D eigenvalue weighted by Crippen LogP contribution is 2.41. The normalized spacial score (nSPS) is 29.3. The zero-order valence-corrected chi connectivity index (χ0v) is 21.3. The maximum Gasteiger partial charge on any atom is 0.251 e. The van der Waals surface area contributed by atoms with Gasteiger partial charge in [0.2, 0.25) is 5.91 Å². The van der Waals surface area contributed by atoms with E-state index in [-0.39, 0.29) is 41.9 Å². The number of guanidine groups is 1. The fraction of sp³-hybridized carbons (Fsp3) is 0.464. The lowest BCUT2D eigenvalue weighted by Crippen LogP contribution is -2.53. The monoisotopic (exact) mass is 490 g/mol. The van der Waals surface area contributed by atoms with Gasteiger partial charge in [-0.25, -0.2) is 4.99 Å². The highest BCUT2D eigenvalue weighted by Gasteiger charge is 2.41. The van der Waals surface area contributed by atoms with E-state index in [1.165, 1.54) is 0 Å². The quantitative estimate of drug-likeness (QED) is 0.671. The number of benzene rings is 2. The van der Waals surface area contributed by atoms with E-state index in [1.807, 2.05) is 57.2 Å². The van der Waals surface area contributed by atoms with E-state index < -0.39 is 5.54 Å². The summed E-state index contributed by atoms with van der Waals surface area (Å²) >= 11 is 0. The number of amides is 2. The van der Waals surface area contributed by atoms with Crippen molar-refractivity contribution in [2.45, 2.75) is 70.7 Å². The molecule has 2 aromatic rings. The molecule has 3 aliphatic heterocycles. The Kier molecular flexibility index (Phi) is 6.14. The van der Waals surface area contributed by atoms with E-state index >= 15 is 0 Å². The zero-order chi connectivity index (χ0) is 25.6. The van der Waals surface area contributed by atoms with Crippen molar-refractivity contribution in [2.75, 3.05) is 6.61 Å². The van der Waals surface area contributed by atoms with Gasteiger partial charge in [-0.3, -0.25) is 14.5 Å². The Labute approximate surface area is 211 Å². The summed E-state index contributed by atoms with van der Waals surface area (Å²) in [5.41, 5.74) is 8.12. The van der Waals surface area contributed by atoms with Gasteiger partial charge in [0.1, 0.15) is 11.5 Å². The highest BCUT2D eigenvalue weighted by molar-refractivity contribution is 6.00. The molecular formula is C28H34N4O4. The van der Waals surface area contributed by atoms with Crippen molar-refractivity contribution in [1.82, 2.24) is 10.2 Å². The molecule has 190 valence electrons. The number of hydrogen-bond donors (Lipinski definition) is 2. The van der Waals surface area contributed by atoms with Crippen molar-refractivity contribution < 1.29 is 19.1 Å². The van der Waals surface area contributed by atoms with Crippen molar-refractivity contribution in [3.63, 3.8) is 0 Å². The van der Waals surface area contributed by atoms with E-state index in [0.717, 1.165) is 23.3 Å². The number of aliphatic imine (C=N–C) groups is 1. The predicted molar refractivity (Wildman–Crippen MR) is 137 cm³/mol. The molecule has 8 heteroatoms. The van der Waals surface area contributed by atoms with E-state index in [9.17, 15) is 9.59 Å². The van der Waals surface area contributed by atoms with Crippen LogP contribution in [0.3, 0.4) is 0 Å². The Morgan fingerprint density at radius 1 is 1.19 bits per heavy atom. The Morgan fingerprint density at radius 3 is 2.72 bits per heavy atom. The fourth-order valence-corrected chi connectivity index (χ4v) is 5.39. The third kappa shape index (κ3) is 4.29. The minimum Gasteiger partial charge on any atom is -0.493 e. The average molecular weight is 491 g/mol. The highest BCUT2D eigenvalue weighted by atomic mass is 16.5. The fourth-order valence-electron chi connectivity index (χ4n) is 5.39. The second-order valence-electron chi connectivity index (χ2n) is 10.5. The molecule has 0 saturated carbocycles. The third-order valence-corrected chi connectivity index (χ3v) is 7.63. The smallest absolute Gasteiger partial charge is 0.251 e.